The summed E-state index contributed by atoms with van der Waals surface area (Å²) in [4.78, 5) is 23.4. The van der Waals surface area contributed by atoms with Gasteiger partial charge in [-0.15, -0.1) is 0 Å². The molecule has 2 aromatic rings. The topological polar surface area (TPSA) is 85.1 Å². The molecule has 5 heterocycles. The molecule has 1 aromatic heterocycles. The number of aliphatic hydroxyl groups is 1. The van der Waals surface area contributed by atoms with Crippen LogP contribution in [0.25, 0.3) is 0 Å². The van der Waals surface area contributed by atoms with Crippen LogP contribution in [-0.2, 0) is 5.41 Å². The molecule has 3 atom stereocenters. The number of hydrogen-bond donors (Lipinski definition) is 2. The standard InChI is InChI=1S/C29H41N5O3/c1-20-5-6-23-24(15-20)31-19-29(23)9-14-32(17-21(29)2)18-25(35)22-7-12-34(13-8-22)28-30-16-26(37-28)27(36)33-10-3-4-11-33/h5-6,15-16,21-22,25,31,35H,3-4,7-14,17-19H2,1-2H3/t21-,25?,29?/m0/s1. The number of nitrogens with zero attached hydrogens (tertiary/aromatic N) is 4. The molecule has 8 nitrogen and oxygen atoms in total. The molecule has 4 aliphatic heterocycles. The van der Waals surface area contributed by atoms with Gasteiger partial charge in [0.15, 0.2) is 0 Å². The van der Waals surface area contributed by atoms with Gasteiger partial charge >= 0.3 is 0 Å². The Morgan fingerprint density at radius 3 is 2.76 bits per heavy atom. The lowest BCUT2D eigenvalue weighted by Crippen LogP contribution is -2.52. The predicted molar refractivity (Wildman–Crippen MR) is 144 cm³/mol. The Labute approximate surface area is 220 Å². The van der Waals surface area contributed by atoms with E-state index in [2.05, 4.69) is 52.1 Å². The molecule has 2 unspecified atom stereocenters. The van der Waals surface area contributed by atoms with Crippen LogP contribution in [0.4, 0.5) is 11.7 Å². The van der Waals surface area contributed by atoms with E-state index in [1.807, 2.05) is 4.90 Å². The Morgan fingerprint density at radius 1 is 1.22 bits per heavy atom. The minimum absolute atomic E-state index is 0.0499. The summed E-state index contributed by atoms with van der Waals surface area (Å²) in [5.41, 5.74) is 4.31. The normalized spacial score (nSPS) is 27.5. The zero-order chi connectivity index (χ0) is 25.6. The molecule has 37 heavy (non-hydrogen) atoms. The summed E-state index contributed by atoms with van der Waals surface area (Å²) in [6, 6.07) is 7.39. The van der Waals surface area contributed by atoms with Gasteiger partial charge in [0.1, 0.15) is 0 Å². The van der Waals surface area contributed by atoms with Gasteiger partial charge in [0.2, 0.25) is 5.76 Å². The molecule has 1 aromatic carbocycles. The predicted octanol–water partition coefficient (Wildman–Crippen LogP) is 3.50. The molecule has 0 aliphatic carbocycles. The number of oxazole rings is 1. The van der Waals surface area contributed by atoms with Gasteiger partial charge in [0, 0.05) is 56.9 Å². The average molecular weight is 508 g/mol. The lowest BCUT2D eigenvalue weighted by molar-refractivity contribution is 0.0242. The van der Waals surface area contributed by atoms with E-state index in [9.17, 15) is 9.90 Å². The van der Waals surface area contributed by atoms with Crippen LogP contribution in [-0.4, -0.2) is 84.3 Å². The van der Waals surface area contributed by atoms with E-state index in [1.54, 1.807) is 6.20 Å². The molecular formula is C29H41N5O3. The number of fused-ring (bicyclic) bond motifs is 2. The molecule has 2 N–H and O–H groups in total. The van der Waals surface area contributed by atoms with Crippen LogP contribution in [0.2, 0.25) is 0 Å². The number of anilines is 2. The quantitative estimate of drug-likeness (QED) is 0.641. The maximum absolute atomic E-state index is 12.6. The first kappa shape index (κ1) is 24.7. The summed E-state index contributed by atoms with van der Waals surface area (Å²) in [5, 5.41) is 14.8. The van der Waals surface area contributed by atoms with Crippen molar-refractivity contribution in [3.05, 3.63) is 41.3 Å². The first-order valence-corrected chi connectivity index (χ1v) is 14.2. The highest BCUT2D eigenvalue weighted by atomic mass is 16.4. The third-order valence-corrected chi connectivity index (χ3v) is 9.55. The lowest BCUT2D eigenvalue weighted by atomic mass is 9.67. The van der Waals surface area contributed by atoms with Crippen molar-refractivity contribution in [2.45, 2.75) is 57.5 Å². The maximum Gasteiger partial charge on any atom is 0.297 e. The van der Waals surface area contributed by atoms with Crippen LogP contribution < -0.4 is 10.2 Å². The number of aryl methyl sites for hydroxylation is 1. The van der Waals surface area contributed by atoms with Gasteiger partial charge in [-0.3, -0.25) is 4.79 Å². The molecule has 0 bridgehead atoms. The largest absolute Gasteiger partial charge is 0.418 e. The van der Waals surface area contributed by atoms with Crippen LogP contribution >= 0.6 is 0 Å². The molecule has 8 heteroatoms. The van der Waals surface area contributed by atoms with Crippen molar-refractivity contribution >= 4 is 17.6 Å². The smallest absolute Gasteiger partial charge is 0.297 e. The van der Waals surface area contributed by atoms with Gasteiger partial charge in [-0.2, -0.15) is 0 Å². The Hall–Kier alpha value is -2.58. The minimum atomic E-state index is -0.322. The molecule has 3 saturated heterocycles. The number of carbonyl (C=O) groups excluding carboxylic acids is 1. The second kappa shape index (κ2) is 9.95. The van der Waals surface area contributed by atoms with Gasteiger partial charge in [-0.05, 0) is 74.6 Å². The number of rotatable bonds is 5. The number of aliphatic hydroxyl groups excluding tert-OH is 1. The van der Waals surface area contributed by atoms with Crippen molar-refractivity contribution in [1.29, 1.82) is 0 Å². The van der Waals surface area contributed by atoms with Crippen molar-refractivity contribution in [1.82, 2.24) is 14.8 Å². The molecule has 0 radical (unpaired) electrons. The van der Waals surface area contributed by atoms with Crippen LogP contribution in [0.1, 0.15) is 60.7 Å². The van der Waals surface area contributed by atoms with Gasteiger partial charge in [-0.25, -0.2) is 4.98 Å². The van der Waals surface area contributed by atoms with Gasteiger partial charge in [0.25, 0.3) is 11.9 Å². The highest BCUT2D eigenvalue weighted by Gasteiger charge is 2.46. The maximum atomic E-state index is 12.6. The van der Waals surface area contributed by atoms with Crippen molar-refractivity contribution < 1.29 is 14.3 Å². The molecule has 200 valence electrons. The average Bonchev–Trinajstić information content (AvgIpc) is 3.67. The Kier molecular flexibility index (Phi) is 6.65. The number of nitrogens with one attached hydrogen (secondary N) is 1. The summed E-state index contributed by atoms with van der Waals surface area (Å²) in [7, 11) is 0. The number of hydrogen-bond acceptors (Lipinski definition) is 7. The van der Waals surface area contributed by atoms with E-state index in [0.29, 0.717) is 17.7 Å². The molecule has 1 spiro atoms. The highest BCUT2D eigenvalue weighted by Crippen LogP contribution is 2.47. The van der Waals surface area contributed by atoms with Crippen LogP contribution in [0, 0.1) is 18.8 Å². The number of piperidine rings is 2. The summed E-state index contributed by atoms with van der Waals surface area (Å²) in [5.74, 6) is 1.10. The van der Waals surface area contributed by atoms with Crippen molar-refractivity contribution in [3.8, 4) is 0 Å². The van der Waals surface area contributed by atoms with E-state index in [0.717, 1.165) is 84.5 Å². The molecule has 6 rings (SSSR count). The van der Waals surface area contributed by atoms with E-state index < -0.39 is 0 Å². The van der Waals surface area contributed by atoms with Gasteiger partial charge in [-0.1, -0.05) is 19.1 Å². The van der Waals surface area contributed by atoms with Crippen LogP contribution in [0.3, 0.4) is 0 Å². The zero-order valence-corrected chi connectivity index (χ0v) is 22.3. The number of amides is 1. The third kappa shape index (κ3) is 4.63. The lowest BCUT2D eigenvalue weighted by Gasteiger charge is -2.46. The highest BCUT2D eigenvalue weighted by molar-refractivity contribution is 5.91. The van der Waals surface area contributed by atoms with Crippen molar-refractivity contribution in [3.63, 3.8) is 0 Å². The minimum Gasteiger partial charge on any atom is -0.418 e. The number of aromatic nitrogens is 1. The van der Waals surface area contributed by atoms with E-state index in [-0.39, 0.29) is 23.3 Å². The van der Waals surface area contributed by atoms with E-state index in [1.165, 1.54) is 16.8 Å². The third-order valence-electron chi connectivity index (χ3n) is 9.55. The Bertz CT molecular complexity index is 1120. The van der Waals surface area contributed by atoms with Crippen LogP contribution in [0.15, 0.2) is 28.8 Å². The summed E-state index contributed by atoms with van der Waals surface area (Å²) in [6.45, 7) is 11.5. The fourth-order valence-electron chi connectivity index (χ4n) is 7.15. The number of benzene rings is 1. The van der Waals surface area contributed by atoms with E-state index >= 15 is 0 Å². The van der Waals surface area contributed by atoms with E-state index in [4.69, 9.17) is 4.42 Å². The first-order chi connectivity index (χ1) is 17.9. The van der Waals surface area contributed by atoms with Crippen molar-refractivity contribution in [2.75, 3.05) is 62.6 Å². The SMILES string of the molecule is Cc1ccc2c(c1)NCC21CCN(CC(O)C2CCN(c3ncc(C(=O)N4CCCC4)o3)CC2)C[C@@H]1C. The fourth-order valence-corrected chi connectivity index (χ4v) is 7.15. The summed E-state index contributed by atoms with van der Waals surface area (Å²) >= 11 is 0. The first-order valence-electron chi connectivity index (χ1n) is 14.2. The molecule has 1 amide bonds. The van der Waals surface area contributed by atoms with Gasteiger partial charge in [0.05, 0.1) is 12.3 Å². The molecule has 0 saturated carbocycles. The number of carbonyl (C=O) groups is 1. The zero-order valence-electron chi connectivity index (χ0n) is 22.3. The second-order valence-electron chi connectivity index (χ2n) is 11.9. The van der Waals surface area contributed by atoms with Gasteiger partial charge < -0.3 is 29.5 Å². The molecular weight excluding hydrogens is 466 g/mol. The van der Waals surface area contributed by atoms with Crippen molar-refractivity contribution in [2.24, 2.45) is 11.8 Å². The Balaban J connectivity index is 1.00. The monoisotopic (exact) mass is 507 g/mol. The number of β-amino-alcohol motifs (C(OH)–C–C–N with tert-alkyl or cyclic N) is 1. The Morgan fingerprint density at radius 2 is 2.00 bits per heavy atom. The summed E-state index contributed by atoms with van der Waals surface area (Å²) < 4.78 is 5.85. The van der Waals surface area contributed by atoms with Crippen LogP contribution in [0.5, 0.6) is 0 Å². The second-order valence-corrected chi connectivity index (χ2v) is 11.9. The molecule has 4 aliphatic rings. The summed E-state index contributed by atoms with van der Waals surface area (Å²) in [6.07, 6.45) is 6.31. The fraction of sp³-hybridized carbons (Fsp3) is 0.655. The molecule has 3 fully saturated rings. The number of likely N-dealkylation sites (tertiary alicyclic amines) is 2.